The van der Waals surface area contributed by atoms with Crippen molar-refractivity contribution < 1.29 is 17.7 Å². The molecule has 7 nitrogen and oxygen atoms in total. The number of hydrogen-bond donors (Lipinski definition) is 0. The van der Waals surface area contributed by atoms with Gasteiger partial charge in [0, 0.05) is 32.1 Å². The molecule has 1 fully saturated rings. The fraction of sp³-hybridized carbons (Fsp3) is 0.500. The number of amides is 1. The number of carbonyl (C=O) groups is 1. The molecule has 1 aliphatic rings. The van der Waals surface area contributed by atoms with Crippen LogP contribution in [0.25, 0.3) is 0 Å². The first-order valence-electron chi connectivity index (χ1n) is 8.22. The number of carbonyl (C=O) groups excluding carboxylic acids is 1. The van der Waals surface area contributed by atoms with Crippen molar-refractivity contribution in [3.63, 3.8) is 0 Å². The Bertz CT molecular complexity index is 912. The zero-order valence-corrected chi connectivity index (χ0v) is 17.1. The van der Waals surface area contributed by atoms with Gasteiger partial charge < -0.3 is 9.42 Å². The van der Waals surface area contributed by atoms with Crippen LogP contribution < -0.4 is 0 Å². The molecular weight excluding hydrogens is 398 g/mol. The third-order valence-corrected chi connectivity index (χ3v) is 7.89. The van der Waals surface area contributed by atoms with E-state index in [9.17, 15) is 13.2 Å². The first-order valence-corrected chi connectivity index (χ1v) is 10.9. The van der Waals surface area contributed by atoms with E-state index in [0.29, 0.717) is 34.4 Å². The van der Waals surface area contributed by atoms with Gasteiger partial charge in [-0.15, -0.1) is 11.3 Å². The summed E-state index contributed by atoms with van der Waals surface area (Å²) in [6.45, 7) is 6.74. The van der Waals surface area contributed by atoms with Gasteiger partial charge in [0.1, 0.15) is 9.77 Å². The first kappa shape index (κ1) is 19.3. The average molecular weight is 418 g/mol. The Labute approximate surface area is 161 Å². The second-order valence-corrected chi connectivity index (χ2v) is 10.3. The minimum absolute atomic E-state index is 0.0420. The Morgan fingerprint density at radius 3 is 2.46 bits per heavy atom. The van der Waals surface area contributed by atoms with Gasteiger partial charge in [-0.1, -0.05) is 30.6 Å². The summed E-state index contributed by atoms with van der Waals surface area (Å²) in [6.07, 6.45) is 0. The number of hydrogen-bond acceptors (Lipinski definition) is 6. The summed E-state index contributed by atoms with van der Waals surface area (Å²) in [6, 6.07) is 3.08. The van der Waals surface area contributed by atoms with Gasteiger partial charge in [-0.2, -0.15) is 4.31 Å². The number of rotatable bonds is 4. The zero-order chi connectivity index (χ0) is 19.1. The third-order valence-electron chi connectivity index (χ3n) is 4.30. The molecule has 0 saturated carbocycles. The smallest absolute Gasteiger partial charge is 0.259 e. The third kappa shape index (κ3) is 3.53. The lowest BCUT2D eigenvalue weighted by molar-refractivity contribution is 0.0694. The molecule has 1 saturated heterocycles. The number of sulfonamides is 1. The van der Waals surface area contributed by atoms with Crippen molar-refractivity contribution in [3.05, 3.63) is 33.5 Å². The lowest BCUT2D eigenvalue weighted by Crippen LogP contribution is -2.50. The summed E-state index contributed by atoms with van der Waals surface area (Å²) < 4.78 is 32.6. The van der Waals surface area contributed by atoms with Crippen molar-refractivity contribution >= 4 is 38.9 Å². The fourth-order valence-electron chi connectivity index (χ4n) is 2.89. The molecule has 0 N–H and O–H groups in total. The maximum Gasteiger partial charge on any atom is 0.259 e. The van der Waals surface area contributed by atoms with Crippen LogP contribution >= 0.6 is 22.9 Å². The first-order chi connectivity index (χ1) is 12.2. The van der Waals surface area contributed by atoms with E-state index < -0.39 is 10.0 Å². The van der Waals surface area contributed by atoms with Crippen molar-refractivity contribution in [2.75, 3.05) is 26.2 Å². The van der Waals surface area contributed by atoms with E-state index in [2.05, 4.69) is 5.16 Å². The Hall–Kier alpha value is -1.42. The van der Waals surface area contributed by atoms with E-state index >= 15 is 0 Å². The van der Waals surface area contributed by atoms with Gasteiger partial charge in [-0.25, -0.2) is 8.42 Å². The van der Waals surface area contributed by atoms with Gasteiger partial charge in [0.2, 0.25) is 0 Å². The summed E-state index contributed by atoms with van der Waals surface area (Å²) in [5.74, 6) is 0.444. The summed E-state index contributed by atoms with van der Waals surface area (Å²) in [7, 11) is -3.58. The minimum atomic E-state index is -3.58. The molecule has 142 valence electrons. The van der Waals surface area contributed by atoms with Crippen molar-refractivity contribution in [2.45, 2.75) is 30.9 Å². The SMILES string of the molecule is Cc1noc(C(C)C)c1C(=O)N1CCN(S(=O)(=O)c2ccc(Cl)s2)CC1. The quantitative estimate of drug-likeness (QED) is 0.763. The molecule has 26 heavy (non-hydrogen) atoms. The van der Waals surface area contributed by atoms with Crippen LogP contribution in [0.2, 0.25) is 4.34 Å². The van der Waals surface area contributed by atoms with E-state index in [-0.39, 0.29) is 29.1 Å². The molecule has 0 atom stereocenters. The molecule has 10 heteroatoms. The molecule has 0 unspecified atom stereocenters. The molecule has 0 aliphatic carbocycles. The van der Waals surface area contributed by atoms with Crippen LogP contribution in [0.4, 0.5) is 0 Å². The zero-order valence-electron chi connectivity index (χ0n) is 14.7. The fourth-order valence-corrected chi connectivity index (χ4v) is 5.95. The van der Waals surface area contributed by atoms with Crippen LogP contribution in [0.5, 0.6) is 0 Å². The molecule has 3 heterocycles. The number of aromatic nitrogens is 1. The molecule has 0 spiro atoms. The summed E-state index contributed by atoms with van der Waals surface area (Å²) in [5, 5.41) is 3.91. The molecular formula is C16H20ClN3O4S2. The van der Waals surface area contributed by atoms with E-state index in [1.807, 2.05) is 13.8 Å². The molecule has 3 rings (SSSR count). The standard InChI is InChI=1S/C16H20ClN3O4S2/c1-10(2)15-14(11(3)18-24-15)16(21)19-6-8-20(9-7-19)26(22,23)13-5-4-12(17)25-13/h4-5,10H,6-9H2,1-3H3. The summed E-state index contributed by atoms with van der Waals surface area (Å²) in [5.41, 5.74) is 1.04. The van der Waals surface area contributed by atoms with Crippen molar-refractivity contribution in [1.82, 2.24) is 14.4 Å². The molecule has 0 aromatic carbocycles. The number of halogens is 1. The van der Waals surface area contributed by atoms with Crippen LogP contribution in [-0.2, 0) is 10.0 Å². The maximum absolute atomic E-state index is 12.9. The monoisotopic (exact) mass is 417 g/mol. The van der Waals surface area contributed by atoms with Crippen LogP contribution in [0, 0.1) is 6.92 Å². The molecule has 2 aromatic rings. The molecule has 1 aliphatic heterocycles. The number of nitrogens with zero attached hydrogens (tertiary/aromatic N) is 3. The van der Waals surface area contributed by atoms with Gasteiger partial charge in [0.25, 0.3) is 15.9 Å². The van der Waals surface area contributed by atoms with Crippen LogP contribution in [0.3, 0.4) is 0 Å². The largest absolute Gasteiger partial charge is 0.360 e. The Morgan fingerprint density at radius 2 is 1.92 bits per heavy atom. The van der Waals surface area contributed by atoms with Gasteiger partial charge in [-0.3, -0.25) is 4.79 Å². The highest BCUT2D eigenvalue weighted by Crippen LogP contribution is 2.29. The number of thiophene rings is 1. The van der Waals surface area contributed by atoms with E-state index in [4.69, 9.17) is 16.1 Å². The van der Waals surface area contributed by atoms with E-state index in [1.165, 1.54) is 10.4 Å². The lowest BCUT2D eigenvalue weighted by atomic mass is 10.0. The molecule has 0 bridgehead atoms. The number of aryl methyl sites for hydroxylation is 1. The van der Waals surface area contributed by atoms with Gasteiger partial charge in [0.15, 0.2) is 5.76 Å². The second kappa shape index (κ2) is 7.30. The van der Waals surface area contributed by atoms with Crippen molar-refractivity contribution in [2.24, 2.45) is 0 Å². The highest BCUT2D eigenvalue weighted by molar-refractivity contribution is 7.91. The van der Waals surface area contributed by atoms with E-state index in [0.717, 1.165) is 11.3 Å². The van der Waals surface area contributed by atoms with E-state index in [1.54, 1.807) is 17.9 Å². The van der Waals surface area contributed by atoms with Gasteiger partial charge in [-0.05, 0) is 19.1 Å². The predicted molar refractivity (Wildman–Crippen MR) is 99.3 cm³/mol. The van der Waals surface area contributed by atoms with Crippen LogP contribution in [0.15, 0.2) is 20.9 Å². The minimum Gasteiger partial charge on any atom is -0.360 e. The average Bonchev–Trinajstić information content (AvgIpc) is 3.20. The predicted octanol–water partition coefficient (Wildman–Crippen LogP) is 2.97. The summed E-state index contributed by atoms with van der Waals surface area (Å²) in [4.78, 5) is 14.5. The lowest BCUT2D eigenvalue weighted by Gasteiger charge is -2.33. The topological polar surface area (TPSA) is 83.7 Å². The Balaban J connectivity index is 1.73. The highest BCUT2D eigenvalue weighted by atomic mass is 35.5. The van der Waals surface area contributed by atoms with Gasteiger partial charge in [0.05, 0.1) is 10.0 Å². The van der Waals surface area contributed by atoms with Gasteiger partial charge >= 0.3 is 0 Å². The molecule has 2 aromatic heterocycles. The Kier molecular flexibility index (Phi) is 5.43. The highest BCUT2D eigenvalue weighted by Gasteiger charge is 2.33. The summed E-state index contributed by atoms with van der Waals surface area (Å²) >= 11 is 6.89. The normalized spacial score (nSPS) is 16.4. The maximum atomic E-state index is 12.9. The molecule has 1 amide bonds. The Morgan fingerprint density at radius 1 is 1.27 bits per heavy atom. The van der Waals surface area contributed by atoms with Crippen molar-refractivity contribution in [3.8, 4) is 0 Å². The number of piperazine rings is 1. The second-order valence-electron chi connectivity index (χ2n) is 6.42. The molecule has 0 radical (unpaired) electrons. The van der Waals surface area contributed by atoms with Crippen LogP contribution in [0.1, 0.15) is 41.6 Å². The van der Waals surface area contributed by atoms with Crippen molar-refractivity contribution in [1.29, 1.82) is 0 Å². The van der Waals surface area contributed by atoms with Crippen LogP contribution in [-0.4, -0.2) is 54.9 Å².